The van der Waals surface area contributed by atoms with E-state index in [-0.39, 0.29) is 11.5 Å². The highest BCUT2D eigenvalue weighted by Gasteiger charge is 2.41. The van der Waals surface area contributed by atoms with Crippen LogP contribution >= 0.6 is 0 Å². The molecule has 0 aliphatic heterocycles. The molecule has 1 aromatic carbocycles. The number of hydrogen-bond donors (Lipinski definition) is 1. The molecule has 0 bridgehead atoms. The fourth-order valence-corrected chi connectivity index (χ4v) is 1.43. The molecular formula is C10H9F3NO3. The number of nitro benzene ring substituents is 1. The van der Waals surface area contributed by atoms with Gasteiger partial charge in [-0.05, 0) is 5.56 Å². The largest absolute Gasteiger partial charge is 0.423 e. The van der Waals surface area contributed by atoms with E-state index >= 15 is 0 Å². The van der Waals surface area contributed by atoms with E-state index in [1.165, 1.54) is 6.92 Å². The van der Waals surface area contributed by atoms with Crippen LogP contribution in [0.5, 0.6) is 0 Å². The number of aliphatic hydroxyl groups is 1. The van der Waals surface area contributed by atoms with Crippen LogP contribution in [0.25, 0.3) is 0 Å². The highest BCUT2D eigenvalue weighted by atomic mass is 19.4. The molecular weight excluding hydrogens is 239 g/mol. The Morgan fingerprint density at radius 3 is 2.47 bits per heavy atom. The van der Waals surface area contributed by atoms with Crippen molar-refractivity contribution in [1.82, 2.24) is 0 Å². The molecule has 0 unspecified atom stereocenters. The third kappa shape index (κ3) is 2.73. The van der Waals surface area contributed by atoms with E-state index < -0.39 is 29.0 Å². The van der Waals surface area contributed by atoms with Crippen molar-refractivity contribution < 1.29 is 23.2 Å². The molecule has 4 nitrogen and oxygen atoms in total. The first-order chi connectivity index (χ1) is 7.79. The Hall–Kier alpha value is -1.63. The third-order valence-corrected chi connectivity index (χ3v) is 2.22. The molecule has 0 aliphatic rings. The lowest BCUT2D eigenvalue weighted by atomic mass is 9.94. The van der Waals surface area contributed by atoms with Crippen LogP contribution in [-0.4, -0.2) is 16.6 Å². The minimum absolute atomic E-state index is 0.0287. The molecule has 0 fully saturated rings. The van der Waals surface area contributed by atoms with Gasteiger partial charge in [0.1, 0.15) is 5.56 Å². The van der Waals surface area contributed by atoms with E-state index in [0.717, 1.165) is 18.2 Å². The Balaban J connectivity index is 3.51. The Bertz CT molecular complexity index is 431. The second-order valence-electron chi connectivity index (χ2n) is 3.39. The summed E-state index contributed by atoms with van der Waals surface area (Å²) in [5.74, 6) is 0.0287. The summed E-state index contributed by atoms with van der Waals surface area (Å²) in [4.78, 5) is 9.48. The first-order valence-corrected chi connectivity index (χ1v) is 4.57. The van der Waals surface area contributed by atoms with Gasteiger partial charge < -0.3 is 5.11 Å². The minimum Gasteiger partial charge on any atom is -0.395 e. The quantitative estimate of drug-likeness (QED) is 0.660. The van der Waals surface area contributed by atoms with Crippen LogP contribution in [0, 0.1) is 16.0 Å². The van der Waals surface area contributed by atoms with Crippen molar-refractivity contribution >= 4 is 5.69 Å². The Labute approximate surface area is 94.8 Å². The Morgan fingerprint density at radius 1 is 1.47 bits per heavy atom. The normalized spacial score (nSPS) is 11.9. The number of rotatable bonds is 3. The molecule has 0 atom stereocenters. The monoisotopic (exact) mass is 248 g/mol. The van der Waals surface area contributed by atoms with E-state index in [1.54, 1.807) is 0 Å². The summed E-state index contributed by atoms with van der Waals surface area (Å²) in [6, 6.07) is 3.04. The molecule has 1 aromatic rings. The highest BCUT2D eigenvalue weighted by Crippen LogP contribution is 2.40. The lowest BCUT2D eigenvalue weighted by Gasteiger charge is -2.15. The van der Waals surface area contributed by atoms with Gasteiger partial charge in [0.25, 0.3) is 5.69 Å². The maximum atomic E-state index is 12.8. The summed E-state index contributed by atoms with van der Waals surface area (Å²) in [6.45, 7) is 0.693. The molecule has 17 heavy (non-hydrogen) atoms. The third-order valence-electron chi connectivity index (χ3n) is 2.22. The second-order valence-corrected chi connectivity index (χ2v) is 3.39. The smallest absolute Gasteiger partial charge is 0.395 e. The molecule has 1 rings (SSSR count). The number of benzene rings is 1. The van der Waals surface area contributed by atoms with Gasteiger partial charge in [-0.1, -0.05) is 19.1 Å². The van der Waals surface area contributed by atoms with Gasteiger partial charge in [-0.25, -0.2) is 0 Å². The highest BCUT2D eigenvalue weighted by molar-refractivity contribution is 5.52. The molecule has 1 N–H and O–H groups in total. The van der Waals surface area contributed by atoms with E-state index in [2.05, 4.69) is 0 Å². The number of halogens is 3. The lowest BCUT2D eigenvalue weighted by molar-refractivity contribution is -0.388. The average molecular weight is 248 g/mol. The molecule has 0 saturated heterocycles. The van der Waals surface area contributed by atoms with E-state index in [0.29, 0.717) is 0 Å². The number of aliphatic hydroxyl groups excluding tert-OH is 1. The van der Waals surface area contributed by atoms with Gasteiger partial charge in [0.2, 0.25) is 0 Å². The van der Waals surface area contributed by atoms with Gasteiger partial charge in [0, 0.05) is 12.0 Å². The number of alkyl halides is 3. The van der Waals surface area contributed by atoms with Gasteiger partial charge in [0.15, 0.2) is 0 Å². The van der Waals surface area contributed by atoms with Gasteiger partial charge in [-0.3, -0.25) is 10.1 Å². The van der Waals surface area contributed by atoms with Crippen LogP contribution in [0.3, 0.4) is 0 Å². The van der Waals surface area contributed by atoms with Crippen LogP contribution in [0.4, 0.5) is 18.9 Å². The number of hydrogen-bond acceptors (Lipinski definition) is 3. The van der Waals surface area contributed by atoms with Crippen molar-refractivity contribution in [2.75, 3.05) is 6.61 Å². The van der Waals surface area contributed by atoms with Gasteiger partial charge in [-0.2, -0.15) is 13.2 Å². The first kappa shape index (κ1) is 13.4. The van der Waals surface area contributed by atoms with E-state index in [4.69, 9.17) is 5.11 Å². The van der Waals surface area contributed by atoms with Gasteiger partial charge in [-0.15, -0.1) is 0 Å². The molecule has 0 heterocycles. The van der Waals surface area contributed by atoms with Gasteiger partial charge >= 0.3 is 6.18 Å². The fraction of sp³-hybridized carbons (Fsp3) is 0.300. The fourth-order valence-electron chi connectivity index (χ4n) is 1.43. The summed E-state index contributed by atoms with van der Waals surface area (Å²) in [5.41, 5.74) is -2.69. The lowest BCUT2D eigenvalue weighted by Crippen LogP contribution is -2.15. The number of nitrogens with zero attached hydrogens (tertiary/aromatic N) is 1. The molecule has 0 aromatic heterocycles. The van der Waals surface area contributed by atoms with E-state index in [1.807, 2.05) is 0 Å². The SMILES string of the molecule is C[C](CO)c1cccc([N+](=O)[O-])c1C(F)(F)F. The van der Waals surface area contributed by atoms with Crippen LogP contribution in [0.1, 0.15) is 18.1 Å². The maximum Gasteiger partial charge on any atom is 0.423 e. The minimum atomic E-state index is -4.84. The Kier molecular flexibility index (Phi) is 3.72. The standard InChI is InChI=1S/C10H9F3NO3/c1-6(5-15)7-3-2-4-8(14(16)17)9(7)10(11,12)13/h2-4,15H,5H2,1H3. The zero-order chi connectivity index (χ0) is 13.2. The average Bonchev–Trinajstić information content (AvgIpc) is 2.25. The Morgan fingerprint density at radius 2 is 2.06 bits per heavy atom. The van der Waals surface area contributed by atoms with Crippen molar-refractivity contribution in [1.29, 1.82) is 0 Å². The topological polar surface area (TPSA) is 63.4 Å². The zero-order valence-electron chi connectivity index (χ0n) is 8.78. The van der Waals surface area contributed by atoms with Crippen molar-refractivity contribution in [3.05, 3.63) is 45.4 Å². The summed E-state index contributed by atoms with van der Waals surface area (Å²) in [5, 5.41) is 19.4. The maximum absolute atomic E-state index is 12.8. The molecule has 0 amide bonds. The predicted octanol–water partition coefficient (Wildman–Crippen LogP) is 2.55. The van der Waals surface area contributed by atoms with Crippen molar-refractivity contribution in [2.45, 2.75) is 13.1 Å². The summed E-state index contributed by atoms with van der Waals surface area (Å²) < 4.78 is 38.3. The first-order valence-electron chi connectivity index (χ1n) is 4.57. The van der Waals surface area contributed by atoms with E-state index in [9.17, 15) is 23.3 Å². The predicted molar refractivity (Wildman–Crippen MR) is 53.2 cm³/mol. The van der Waals surface area contributed by atoms with Crippen LogP contribution in [0.15, 0.2) is 18.2 Å². The summed E-state index contributed by atoms with van der Waals surface area (Å²) >= 11 is 0. The van der Waals surface area contributed by atoms with Crippen molar-refractivity contribution in [2.24, 2.45) is 0 Å². The molecule has 0 aliphatic carbocycles. The summed E-state index contributed by atoms with van der Waals surface area (Å²) in [6.07, 6.45) is -4.84. The van der Waals surface area contributed by atoms with Crippen LogP contribution in [0.2, 0.25) is 0 Å². The molecule has 1 radical (unpaired) electrons. The molecule has 0 spiro atoms. The molecule has 0 saturated carbocycles. The van der Waals surface area contributed by atoms with Gasteiger partial charge in [0.05, 0.1) is 11.5 Å². The van der Waals surface area contributed by atoms with Crippen LogP contribution < -0.4 is 0 Å². The second kappa shape index (κ2) is 4.70. The zero-order valence-corrected chi connectivity index (χ0v) is 8.78. The van der Waals surface area contributed by atoms with Crippen LogP contribution in [-0.2, 0) is 6.18 Å². The van der Waals surface area contributed by atoms with Crippen molar-refractivity contribution in [3.63, 3.8) is 0 Å². The molecule has 93 valence electrons. The van der Waals surface area contributed by atoms with Crippen molar-refractivity contribution in [3.8, 4) is 0 Å². The summed E-state index contributed by atoms with van der Waals surface area (Å²) in [7, 11) is 0. The number of nitro groups is 1. The molecule has 7 heteroatoms.